The van der Waals surface area contributed by atoms with E-state index in [9.17, 15) is 5.11 Å². The molecule has 0 fully saturated rings. The molecule has 2 aliphatic carbocycles. The molecular weight excluding hydrogens is 635 g/mol. The van der Waals surface area contributed by atoms with E-state index in [-0.39, 0.29) is 23.6 Å². The molecule has 52 heavy (non-hydrogen) atoms. The Kier molecular flexibility index (Phi) is 14.6. The molecule has 0 heterocycles. The zero-order valence-electron chi connectivity index (χ0n) is 34.5. The lowest BCUT2D eigenvalue weighted by Gasteiger charge is -2.43. The fourth-order valence-electron chi connectivity index (χ4n) is 8.79. The van der Waals surface area contributed by atoms with Gasteiger partial charge in [0.2, 0.25) is 0 Å². The van der Waals surface area contributed by atoms with Crippen LogP contribution < -0.4 is 16.0 Å². The van der Waals surface area contributed by atoms with E-state index in [0.29, 0.717) is 5.92 Å². The topological polar surface area (TPSA) is 56.3 Å². The van der Waals surface area contributed by atoms with Gasteiger partial charge in [0.15, 0.2) is 0 Å². The second-order valence-electron chi connectivity index (χ2n) is 16.9. The Morgan fingerprint density at radius 2 is 1.73 bits per heavy atom. The second-order valence-corrected chi connectivity index (χ2v) is 16.9. The number of aliphatic hydroxyl groups excluding tert-OH is 1. The Morgan fingerprint density at radius 3 is 2.42 bits per heavy atom. The van der Waals surface area contributed by atoms with Crippen molar-refractivity contribution < 1.29 is 5.11 Å². The Labute approximate surface area is 318 Å². The van der Waals surface area contributed by atoms with Crippen LogP contribution in [0.25, 0.3) is 5.57 Å². The summed E-state index contributed by atoms with van der Waals surface area (Å²) in [5.74, 6) is 0.471. The number of unbranched alkanes of at least 4 members (excludes halogenated alkanes) is 1. The zero-order chi connectivity index (χ0) is 38.2. The first-order valence-electron chi connectivity index (χ1n) is 20.2. The van der Waals surface area contributed by atoms with Crippen LogP contribution in [0.5, 0.6) is 0 Å². The van der Waals surface area contributed by atoms with Crippen LogP contribution in [0.1, 0.15) is 145 Å². The van der Waals surface area contributed by atoms with Crippen molar-refractivity contribution in [2.24, 2.45) is 5.92 Å². The normalized spacial score (nSPS) is 16.4. The van der Waals surface area contributed by atoms with Crippen LogP contribution in [0, 0.1) is 19.8 Å². The standard InChI is InChI=1S/C48H71N3O/c1-13-15-20-39-36(7)33(4)28-43-45(41-22-17-16-21-40(41)37(8)50-26-18-19-35(6)49-27-25-32(3)31-52)42-29-38(34(5)30-47(9,10)51-14-2)23-24-44(42)48(11,12)46(39)43/h16-17,21-22,24,28-29,34,37,49-52H,3,6,13-15,18-20,23,25-27,30-31H2,1-2,4-5,7-12H3. The van der Waals surface area contributed by atoms with Crippen LogP contribution in [0.15, 0.2) is 83.6 Å². The first-order chi connectivity index (χ1) is 24.7. The predicted octanol–water partition coefficient (Wildman–Crippen LogP) is 10.9. The zero-order valence-corrected chi connectivity index (χ0v) is 34.5. The summed E-state index contributed by atoms with van der Waals surface area (Å²) in [6.07, 6.45) is 13.5. The van der Waals surface area contributed by atoms with Gasteiger partial charge >= 0.3 is 0 Å². The number of benzene rings is 2. The molecule has 2 atom stereocenters. The molecule has 2 unspecified atom stereocenters. The Bertz CT molecular complexity index is 1680. The minimum Gasteiger partial charge on any atom is -0.392 e. The molecular formula is C48H71N3O. The molecule has 0 radical (unpaired) electrons. The maximum atomic E-state index is 9.23. The van der Waals surface area contributed by atoms with Crippen LogP contribution in [-0.4, -0.2) is 36.9 Å². The largest absolute Gasteiger partial charge is 0.392 e. The molecule has 284 valence electrons. The van der Waals surface area contributed by atoms with Crippen molar-refractivity contribution in [3.63, 3.8) is 0 Å². The van der Waals surface area contributed by atoms with E-state index in [0.717, 1.165) is 69.4 Å². The molecule has 0 saturated heterocycles. The lowest BCUT2D eigenvalue weighted by molar-refractivity contribution is 0.327. The van der Waals surface area contributed by atoms with Crippen LogP contribution in [0.4, 0.5) is 0 Å². The van der Waals surface area contributed by atoms with Gasteiger partial charge in [-0.1, -0.05) is 108 Å². The first-order valence-corrected chi connectivity index (χ1v) is 20.2. The van der Waals surface area contributed by atoms with Crippen LogP contribution >= 0.6 is 0 Å². The highest BCUT2D eigenvalue weighted by Crippen LogP contribution is 2.54. The molecule has 0 amide bonds. The van der Waals surface area contributed by atoms with Gasteiger partial charge in [-0.05, 0) is 154 Å². The fraction of sp³-hybridized carbons (Fsp3) is 0.542. The van der Waals surface area contributed by atoms with Gasteiger partial charge in [0.25, 0.3) is 0 Å². The molecule has 2 aromatic carbocycles. The van der Waals surface area contributed by atoms with Crippen LogP contribution in [-0.2, 0) is 11.8 Å². The number of hydrogen-bond acceptors (Lipinski definition) is 4. The van der Waals surface area contributed by atoms with Gasteiger partial charge < -0.3 is 21.1 Å². The highest BCUT2D eigenvalue weighted by Gasteiger charge is 2.41. The molecule has 4 nitrogen and oxygen atoms in total. The SMILES string of the molecule is C=C(CO)CCNC(=C)CCCNC(C)c1ccccc1C1=C2C=C(C(C)CC(C)(C)NCC)CC=C2C(C)(C)c2c1cc(C)c(C)c2CCCC. The number of nitrogens with one attached hydrogen (secondary N) is 3. The average Bonchev–Trinajstić information content (AvgIpc) is 3.10. The van der Waals surface area contributed by atoms with Gasteiger partial charge in [0, 0.05) is 29.2 Å². The third-order valence-electron chi connectivity index (χ3n) is 11.7. The lowest BCUT2D eigenvalue weighted by Crippen LogP contribution is -2.40. The van der Waals surface area contributed by atoms with Crippen molar-refractivity contribution in [2.75, 3.05) is 26.2 Å². The lowest BCUT2D eigenvalue weighted by atomic mass is 9.61. The second kappa shape index (κ2) is 18.2. The molecule has 0 bridgehead atoms. The summed E-state index contributed by atoms with van der Waals surface area (Å²) in [5.41, 5.74) is 17.8. The van der Waals surface area contributed by atoms with E-state index in [1.165, 1.54) is 68.5 Å². The monoisotopic (exact) mass is 706 g/mol. The Morgan fingerprint density at radius 1 is 1.00 bits per heavy atom. The Balaban J connectivity index is 1.78. The fourth-order valence-corrected chi connectivity index (χ4v) is 8.79. The average molecular weight is 706 g/mol. The van der Waals surface area contributed by atoms with Crippen molar-refractivity contribution in [1.29, 1.82) is 0 Å². The van der Waals surface area contributed by atoms with Crippen LogP contribution in [0.2, 0.25) is 0 Å². The number of aryl methyl sites for hydroxylation is 1. The van der Waals surface area contributed by atoms with E-state index in [1.54, 1.807) is 5.56 Å². The molecule has 0 aliphatic heterocycles. The number of fused-ring (bicyclic) bond motifs is 2. The number of rotatable bonds is 20. The maximum absolute atomic E-state index is 9.23. The van der Waals surface area contributed by atoms with Gasteiger partial charge in [0.1, 0.15) is 0 Å². The molecule has 4 N–H and O–H groups in total. The highest BCUT2D eigenvalue weighted by atomic mass is 16.3. The summed E-state index contributed by atoms with van der Waals surface area (Å²) in [6.45, 7) is 34.4. The summed E-state index contributed by atoms with van der Waals surface area (Å²) in [5, 5.41) is 20.2. The summed E-state index contributed by atoms with van der Waals surface area (Å²) < 4.78 is 0. The molecule has 0 saturated carbocycles. The van der Waals surface area contributed by atoms with E-state index in [2.05, 4.69) is 141 Å². The minimum atomic E-state index is -0.0927. The van der Waals surface area contributed by atoms with Crippen LogP contribution in [0.3, 0.4) is 0 Å². The quantitative estimate of drug-likeness (QED) is 0.0818. The molecule has 4 rings (SSSR count). The summed E-state index contributed by atoms with van der Waals surface area (Å²) in [6, 6.07) is 11.9. The minimum absolute atomic E-state index is 0.0434. The van der Waals surface area contributed by atoms with Crippen molar-refractivity contribution in [2.45, 2.75) is 138 Å². The molecule has 0 aromatic heterocycles. The summed E-state index contributed by atoms with van der Waals surface area (Å²) in [4.78, 5) is 0. The van der Waals surface area contributed by atoms with E-state index in [4.69, 9.17) is 0 Å². The van der Waals surface area contributed by atoms with Gasteiger partial charge in [0.05, 0.1) is 6.61 Å². The van der Waals surface area contributed by atoms with Crippen molar-refractivity contribution in [3.8, 4) is 0 Å². The molecule has 2 aliphatic rings. The van der Waals surface area contributed by atoms with Gasteiger partial charge in [-0.15, -0.1) is 0 Å². The first kappa shape index (κ1) is 41.6. The third kappa shape index (κ3) is 9.67. The molecule has 0 spiro atoms. The van der Waals surface area contributed by atoms with E-state index in [1.807, 2.05) is 0 Å². The van der Waals surface area contributed by atoms with Crippen molar-refractivity contribution >= 4 is 5.57 Å². The highest BCUT2D eigenvalue weighted by molar-refractivity contribution is 5.94. The number of aliphatic hydroxyl groups is 1. The molecule has 4 heteroatoms. The van der Waals surface area contributed by atoms with E-state index >= 15 is 0 Å². The van der Waals surface area contributed by atoms with Gasteiger partial charge in [-0.2, -0.15) is 0 Å². The summed E-state index contributed by atoms with van der Waals surface area (Å²) in [7, 11) is 0. The molecule has 2 aromatic rings. The predicted molar refractivity (Wildman–Crippen MR) is 226 cm³/mol. The number of allylic oxidation sites excluding steroid dienone is 6. The van der Waals surface area contributed by atoms with E-state index < -0.39 is 0 Å². The smallest absolute Gasteiger partial charge is 0.0639 e. The van der Waals surface area contributed by atoms with Crippen molar-refractivity contribution in [3.05, 3.63) is 123 Å². The third-order valence-corrected chi connectivity index (χ3v) is 11.7. The van der Waals surface area contributed by atoms with Gasteiger partial charge in [-0.3, -0.25) is 0 Å². The van der Waals surface area contributed by atoms with Crippen molar-refractivity contribution in [1.82, 2.24) is 16.0 Å². The van der Waals surface area contributed by atoms with Gasteiger partial charge in [-0.25, -0.2) is 0 Å². The number of hydrogen-bond donors (Lipinski definition) is 4. The Hall–Kier alpha value is -3.18. The maximum Gasteiger partial charge on any atom is 0.0639 e. The summed E-state index contributed by atoms with van der Waals surface area (Å²) >= 11 is 0.